The minimum atomic E-state index is -0.0183. The summed E-state index contributed by atoms with van der Waals surface area (Å²) in [6, 6.07) is 7.65. The van der Waals surface area contributed by atoms with Crippen LogP contribution in [-0.2, 0) is 15.0 Å². The van der Waals surface area contributed by atoms with E-state index in [1.807, 2.05) is 31.2 Å². The number of carbonyl (C=O) groups is 1. The van der Waals surface area contributed by atoms with Crippen molar-refractivity contribution >= 4 is 27.4 Å². The molecule has 1 aromatic rings. The Morgan fingerprint density at radius 2 is 2.12 bits per heavy atom. The highest BCUT2D eigenvalue weighted by atomic mass is 79.9. The third-order valence-electron chi connectivity index (χ3n) is 2.18. The lowest BCUT2D eigenvalue weighted by atomic mass is 10.0. The van der Waals surface area contributed by atoms with Crippen molar-refractivity contribution in [2.75, 3.05) is 7.11 Å². The van der Waals surface area contributed by atoms with Gasteiger partial charge in [-0.1, -0.05) is 52.3 Å². The van der Waals surface area contributed by atoms with Gasteiger partial charge in [0.05, 0.1) is 0 Å². The van der Waals surface area contributed by atoms with Crippen LogP contribution in [0.2, 0.25) is 0 Å². The zero-order valence-electron chi connectivity index (χ0n) is 9.37. The van der Waals surface area contributed by atoms with E-state index in [2.05, 4.69) is 21.1 Å². The highest BCUT2D eigenvalue weighted by Crippen LogP contribution is 2.15. The van der Waals surface area contributed by atoms with E-state index in [0.29, 0.717) is 17.5 Å². The number of rotatable bonds is 5. The molecule has 1 aromatic carbocycles. The molecule has 0 saturated carbocycles. The molecular weight excluding hydrogens is 270 g/mol. The Kier molecular flexibility index (Phi) is 5.19. The molecule has 0 spiro atoms. The molecule has 0 aliphatic heterocycles. The molecule has 4 heteroatoms. The van der Waals surface area contributed by atoms with Gasteiger partial charge < -0.3 is 4.84 Å². The average Bonchev–Trinajstić information content (AvgIpc) is 2.35. The Bertz CT molecular complexity index is 402. The summed E-state index contributed by atoms with van der Waals surface area (Å²) in [5.41, 5.74) is 2.24. The molecule has 0 aliphatic rings. The lowest BCUT2D eigenvalue weighted by molar-refractivity contribution is -0.112. The second-order valence-corrected chi connectivity index (χ2v) is 3.75. The number of hydrogen-bond donors (Lipinski definition) is 0. The predicted molar refractivity (Wildman–Crippen MR) is 67.9 cm³/mol. The number of carbonyl (C=O) groups excluding carboxylic acids is 1. The maximum atomic E-state index is 11.7. The zero-order valence-corrected chi connectivity index (χ0v) is 11.0. The van der Waals surface area contributed by atoms with Crippen LogP contribution in [0.25, 0.3) is 0 Å². The Morgan fingerprint density at radius 1 is 1.44 bits per heavy atom. The molecule has 0 N–H and O–H groups in total. The molecule has 3 nitrogen and oxygen atoms in total. The third-order valence-corrected chi connectivity index (χ3v) is 2.79. The molecule has 16 heavy (non-hydrogen) atoms. The number of ketones is 1. The molecule has 0 saturated heterocycles. The van der Waals surface area contributed by atoms with Crippen molar-refractivity contribution in [3.63, 3.8) is 0 Å². The highest BCUT2D eigenvalue weighted by molar-refractivity contribution is 9.08. The molecule has 0 aliphatic carbocycles. The third kappa shape index (κ3) is 2.92. The molecule has 0 heterocycles. The van der Waals surface area contributed by atoms with E-state index >= 15 is 0 Å². The number of oxime groups is 1. The maximum absolute atomic E-state index is 11.7. The minimum Gasteiger partial charge on any atom is -0.399 e. The van der Waals surface area contributed by atoms with E-state index in [9.17, 15) is 4.79 Å². The van der Waals surface area contributed by atoms with Crippen LogP contribution in [0.1, 0.15) is 24.5 Å². The zero-order chi connectivity index (χ0) is 12.0. The Labute approximate surface area is 104 Å². The van der Waals surface area contributed by atoms with Crippen molar-refractivity contribution in [2.45, 2.75) is 18.7 Å². The fourth-order valence-corrected chi connectivity index (χ4v) is 1.87. The second-order valence-electron chi connectivity index (χ2n) is 3.19. The Hall–Kier alpha value is -1.16. The summed E-state index contributed by atoms with van der Waals surface area (Å²) in [6.45, 7) is 1.81. The SMILES string of the molecule is CCC(=O)C(=NOC)c1ccccc1CBr. The number of nitrogens with zero attached hydrogens (tertiary/aromatic N) is 1. The second kappa shape index (κ2) is 6.43. The van der Waals surface area contributed by atoms with Gasteiger partial charge in [-0.15, -0.1) is 0 Å². The molecule has 0 radical (unpaired) electrons. The summed E-state index contributed by atoms with van der Waals surface area (Å²) >= 11 is 3.39. The number of hydrogen-bond acceptors (Lipinski definition) is 3. The van der Waals surface area contributed by atoms with Crippen LogP contribution >= 0.6 is 15.9 Å². The van der Waals surface area contributed by atoms with Crippen molar-refractivity contribution < 1.29 is 9.63 Å². The molecule has 0 amide bonds. The smallest absolute Gasteiger partial charge is 0.184 e. The van der Waals surface area contributed by atoms with Crippen molar-refractivity contribution in [1.82, 2.24) is 0 Å². The summed E-state index contributed by atoms with van der Waals surface area (Å²) in [5.74, 6) is -0.0183. The minimum absolute atomic E-state index is 0.0183. The van der Waals surface area contributed by atoms with Gasteiger partial charge in [0.2, 0.25) is 0 Å². The summed E-state index contributed by atoms with van der Waals surface area (Å²) in [7, 11) is 1.44. The monoisotopic (exact) mass is 283 g/mol. The van der Waals surface area contributed by atoms with Crippen molar-refractivity contribution in [2.24, 2.45) is 5.16 Å². The average molecular weight is 284 g/mol. The number of Topliss-reactive ketones (excluding diaryl/α,β-unsaturated/α-hetero) is 1. The molecule has 0 aromatic heterocycles. The van der Waals surface area contributed by atoms with E-state index in [1.165, 1.54) is 7.11 Å². The van der Waals surface area contributed by atoms with Gasteiger partial charge in [0.1, 0.15) is 7.11 Å². The summed E-state index contributed by atoms with van der Waals surface area (Å²) in [6.07, 6.45) is 0.415. The van der Waals surface area contributed by atoms with Crippen LogP contribution in [0, 0.1) is 0 Å². The van der Waals surface area contributed by atoms with Crippen molar-refractivity contribution in [1.29, 1.82) is 0 Å². The fourth-order valence-electron chi connectivity index (χ4n) is 1.38. The largest absolute Gasteiger partial charge is 0.399 e. The number of benzene rings is 1. The van der Waals surface area contributed by atoms with Crippen molar-refractivity contribution in [3.8, 4) is 0 Å². The van der Waals surface area contributed by atoms with Crippen LogP contribution in [0.5, 0.6) is 0 Å². The molecule has 0 fully saturated rings. The van der Waals surface area contributed by atoms with Gasteiger partial charge in [0.25, 0.3) is 0 Å². The van der Waals surface area contributed by atoms with Gasteiger partial charge in [-0.2, -0.15) is 0 Å². The maximum Gasteiger partial charge on any atom is 0.184 e. The molecule has 0 unspecified atom stereocenters. The van der Waals surface area contributed by atoms with E-state index in [-0.39, 0.29) is 5.78 Å². The first-order valence-corrected chi connectivity index (χ1v) is 6.15. The molecule has 0 bridgehead atoms. The van der Waals surface area contributed by atoms with Crippen molar-refractivity contribution in [3.05, 3.63) is 35.4 Å². The van der Waals surface area contributed by atoms with Crippen LogP contribution < -0.4 is 0 Å². The quantitative estimate of drug-likeness (QED) is 0.474. The van der Waals surface area contributed by atoms with Crippen LogP contribution in [0.15, 0.2) is 29.4 Å². The normalized spacial score (nSPS) is 11.3. The Morgan fingerprint density at radius 3 is 2.69 bits per heavy atom. The first-order chi connectivity index (χ1) is 7.74. The lowest BCUT2D eigenvalue weighted by Crippen LogP contribution is -2.16. The standard InChI is InChI=1S/C12H14BrNO2/c1-3-11(15)12(14-16-2)10-7-5-4-6-9(10)8-13/h4-7H,3,8H2,1-2H3. The first kappa shape index (κ1) is 12.9. The molecule has 0 atom stereocenters. The molecular formula is C12H14BrNO2. The van der Waals surface area contributed by atoms with Crippen LogP contribution in [-0.4, -0.2) is 18.6 Å². The fraction of sp³-hybridized carbons (Fsp3) is 0.333. The molecule has 1 rings (SSSR count). The van der Waals surface area contributed by atoms with E-state index in [0.717, 1.165) is 11.1 Å². The predicted octanol–water partition coefficient (Wildman–Crippen LogP) is 2.91. The van der Waals surface area contributed by atoms with Gasteiger partial charge in [0, 0.05) is 17.3 Å². The summed E-state index contributed by atoms with van der Waals surface area (Å²) in [5, 5.41) is 4.50. The van der Waals surface area contributed by atoms with Gasteiger partial charge >= 0.3 is 0 Å². The highest BCUT2D eigenvalue weighted by Gasteiger charge is 2.15. The van der Waals surface area contributed by atoms with Crippen LogP contribution in [0.3, 0.4) is 0 Å². The summed E-state index contributed by atoms with van der Waals surface area (Å²) in [4.78, 5) is 16.5. The van der Waals surface area contributed by atoms with E-state index < -0.39 is 0 Å². The Balaban J connectivity index is 3.21. The van der Waals surface area contributed by atoms with E-state index in [1.54, 1.807) is 0 Å². The van der Waals surface area contributed by atoms with Crippen LogP contribution in [0.4, 0.5) is 0 Å². The van der Waals surface area contributed by atoms with Gasteiger partial charge in [-0.05, 0) is 5.56 Å². The first-order valence-electron chi connectivity index (χ1n) is 5.03. The lowest BCUT2D eigenvalue weighted by Gasteiger charge is -2.07. The van der Waals surface area contributed by atoms with Gasteiger partial charge in [-0.25, -0.2) is 0 Å². The number of halogens is 1. The van der Waals surface area contributed by atoms with Gasteiger partial charge in [0.15, 0.2) is 11.5 Å². The summed E-state index contributed by atoms with van der Waals surface area (Å²) < 4.78 is 0. The van der Waals surface area contributed by atoms with Gasteiger partial charge in [-0.3, -0.25) is 4.79 Å². The molecule has 86 valence electrons. The topological polar surface area (TPSA) is 38.7 Å². The van der Waals surface area contributed by atoms with E-state index in [4.69, 9.17) is 4.84 Å². The number of alkyl halides is 1.